The number of terminal acetylenes is 1. The second kappa shape index (κ2) is 6.43. The van der Waals surface area contributed by atoms with Crippen LogP contribution in [0.2, 0.25) is 0 Å². The summed E-state index contributed by atoms with van der Waals surface area (Å²) in [5.41, 5.74) is 0. The Morgan fingerprint density at radius 3 is 2.33 bits per heavy atom. The summed E-state index contributed by atoms with van der Waals surface area (Å²) in [5, 5.41) is 19.1. The molecule has 0 aliphatic heterocycles. The van der Waals surface area contributed by atoms with Crippen LogP contribution in [0.15, 0.2) is 0 Å². The molecule has 0 bridgehead atoms. The standard InChI is InChI=1S/C9H11NO5/c1-2-3-7(11)10-6(9(14)15)4-5-8(12)13/h1,6H,3-5H2,(H,10,11)(H,12,13)(H,14,15)/t6-/m0/s1. The maximum atomic E-state index is 10.9. The van der Waals surface area contributed by atoms with Crippen molar-refractivity contribution < 1.29 is 24.6 Å². The quantitative estimate of drug-likeness (QED) is 0.513. The first kappa shape index (κ1) is 13.0. The number of carboxylic acids is 2. The molecular weight excluding hydrogens is 202 g/mol. The number of hydrogen-bond acceptors (Lipinski definition) is 3. The maximum absolute atomic E-state index is 10.9. The van der Waals surface area contributed by atoms with Crippen molar-refractivity contribution in [3.8, 4) is 12.3 Å². The van der Waals surface area contributed by atoms with Gasteiger partial charge in [0.25, 0.3) is 0 Å². The van der Waals surface area contributed by atoms with Crippen LogP contribution in [0, 0.1) is 12.3 Å². The van der Waals surface area contributed by atoms with Crippen LogP contribution in [-0.4, -0.2) is 34.1 Å². The lowest BCUT2D eigenvalue weighted by Gasteiger charge is -2.12. The molecule has 0 saturated heterocycles. The number of carbonyl (C=O) groups excluding carboxylic acids is 1. The van der Waals surface area contributed by atoms with Crippen molar-refractivity contribution >= 4 is 17.8 Å². The van der Waals surface area contributed by atoms with Crippen molar-refractivity contribution in [1.29, 1.82) is 0 Å². The number of amides is 1. The van der Waals surface area contributed by atoms with Gasteiger partial charge in [-0.2, -0.15) is 0 Å². The number of aliphatic carboxylic acids is 2. The molecule has 0 aliphatic rings. The first-order valence-electron chi connectivity index (χ1n) is 4.14. The van der Waals surface area contributed by atoms with E-state index >= 15 is 0 Å². The highest BCUT2D eigenvalue weighted by molar-refractivity contribution is 5.85. The number of rotatable bonds is 6. The third-order valence-electron chi connectivity index (χ3n) is 1.54. The molecule has 0 aromatic heterocycles. The lowest BCUT2D eigenvalue weighted by molar-refractivity contribution is -0.142. The molecule has 1 amide bonds. The van der Waals surface area contributed by atoms with Crippen molar-refractivity contribution in [2.75, 3.05) is 0 Å². The van der Waals surface area contributed by atoms with Gasteiger partial charge in [-0.25, -0.2) is 4.79 Å². The number of carbonyl (C=O) groups is 3. The van der Waals surface area contributed by atoms with Crippen LogP contribution in [-0.2, 0) is 14.4 Å². The summed E-state index contributed by atoms with van der Waals surface area (Å²) in [6, 6.07) is -1.21. The van der Waals surface area contributed by atoms with E-state index in [4.69, 9.17) is 16.6 Å². The van der Waals surface area contributed by atoms with E-state index in [0.29, 0.717) is 0 Å². The van der Waals surface area contributed by atoms with Crippen molar-refractivity contribution in [1.82, 2.24) is 5.32 Å². The fourth-order valence-electron chi connectivity index (χ4n) is 0.863. The van der Waals surface area contributed by atoms with Gasteiger partial charge in [0.1, 0.15) is 6.04 Å². The number of hydrogen-bond donors (Lipinski definition) is 3. The van der Waals surface area contributed by atoms with Crippen LogP contribution >= 0.6 is 0 Å². The molecule has 15 heavy (non-hydrogen) atoms. The van der Waals surface area contributed by atoms with Gasteiger partial charge in [-0.3, -0.25) is 9.59 Å². The Bertz CT molecular complexity index is 304. The molecule has 0 unspecified atom stereocenters. The van der Waals surface area contributed by atoms with Gasteiger partial charge in [0.2, 0.25) is 5.91 Å². The van der Waals surface area contributed by atoms with E-state index in [1.54, 1.807) is 0 Å². The Kier molecular flexibility index (Phi) is 5.56. The predicted molar refractivity (Wildman–Crippen MR) is 49.9 cm³/mol. The normalized spacial score (nSPS) is 11.1. The van der Waals surface area contributed by atoms with Crippen LogP contribution in [0.4, 0.5) is 0 Å². The first-order valence-corrected chi connectivity index (χ1v) is 4.14. The van der Waals surface area contributed by atoms with E-state index in [9.17, 15) is 14.4 Å². The minimum absolute atomic E-state index is 0.166. The first-order chi connectivity index (χ1) is 6.97. The van der Waals surface area contributed by atoms with Crippen LogP contribution in [0.25, 0.3) is 0 Å². The maximum Gasteiger partial charge on any atom is 0.326 e. The minimum atomic E-state index is -1.28. The van der Waals surface area contributed by atoms with Crippen LogP contribution < -0.4 is 5.32 Å². The number of carboxylic acid groups (broad SMARTS) is 2. The zero-order valence-corrected chi connectivity index (χ0v) is 7.90. The number of nitrogens with one attached hydrogen (secondary N) is 1. The molecular formula is C9H11NO5. The largest absolute Gasteiger partial charge is 0.481 e. The fourth-order valence-corrected chi connectivity index (χ4v) is 0.863. The van der Waals surface area contributed by atoms with E-state index in [-0.39, 0.29) is 19.3 Å². The molecule has 0 heterocycles. The second-order valence-corrected chi connectivity index (χ2v) is 2.77. The summed E-state index contributed by atoms with van der Waals surface area (Å²) in [5.74, 6) is -0.941. The van der Waals surface area contributed by atoms with E-state index in [1.807, 2.05) is 0 Å². The van der Waals surface area contributed by atoms with Crippen molar-refractivity contribution in [2.24, 2.45) is 0 Å². The van der Waals surface area contributed by atoms with Gasteiger partial charge in [-0.15, -0.1) is 6.42 Å². The highest BCUT2D eigenvalue weighted by Gasteiger charge is 2.20. The molecule has 0 fully saturated rings. The Morgan fingerprint density at radius 1 is 1.33 bits per heavy atom. The Hall–Kier alpha value is -2.03. The van der Waals surface area contributed by atoms with Crippen molar-refractivity contribution in [3.05, 3.63) is 0 Å². The van der Waals surface area contributed by atoms with Crippen LogP contribution in [0.3, 0.4) is 0 Å². The average molecular weight is 213 g/mol. The lowest BCUT2D eigenvalue weighted by Crippen LogP contribution is -2.40. The predicted octanol–water partition coefficient (Wildman–Crippen LogP) is -0.556. The Morgan fingerprint density at radius 2 is 1.93 bits per heavy atom. The monoisotopic (exact) mass is 213 g/mol. The van der Waals surface area contributed by atoms with Crippen LogP contribution in [0.5, 0.6) is 0 Å². The van der Waals surface area contributed by atoms with Gasteiger partial charge in [0, 0.05) is 6.42 Å². The molecule has 82 valence electrons. The summed E-state index contributed by atoms with van der Waals surface area (Å²) < 4.78 is 0. The van der Waals surface area contributed by atoms with Gasteiger partial charge in [0.05, 0.1) is 6.42 Å². The van der Waals surface area contributed by atoms with E-state index < -0.39 is 23.9 Å². The molecule has 6 heteroatoms. The lowest BCUT2D eigenvalue weighted by atomic mass is 10.1. The van der Waals surface area contributed by atoms with E-state index in [2.05, 4.69) is 11.2 Å². The fraction of sp³-hybridized carbons (Fsp3) is 0.444. The topological polar surface area (TPSA) is 104 Å². The van der Waals surface area contributed by atoms with Crippen molar-refractivity contribution in [2.45, 2.75) is 25.3 Å². The van der Waals surface area contributed by atoms with Crippen LogP contribution in [0.1, 0.15) is 19.3 Å². The molecule has 0 aliphatic carbocycles. The average Bonchev–Trinajstić information content (AvgIpc) is 2.11. The third kappa shape index (κ3) is 6.10. The van der Waals surface area contributed by atoms with Gasteiger partial charge in [0.15, 0.2) is 0 Å². The molecule has 0 rings (SSSR count). The highest BCUT2D eigenvalue weighted by atomic mass is 16.4. The van der Waals surface area contributed by atoms with Crippen molar-refractivity contribution in [3.63, 3.8) is 0 Å². The molecule has 0 saturated carbocycles. The summed E-state index contributed by atoms with van der Waals surface area (Å²) in [6.45, 7) is 0. The highest BCUT2D eigenvalue weighted by Crippen LogP contribution is 1.98. The third-order valence-corrected chi connectivity index (χ3v) is 1.54. The van der Waals surface area contributed by atoms with E-state index in [1.165, 1.54) is 0 Å². The molecule has 1 atom stereocenters. The summed E-state index contributed by atoms with van der Waals surface area (Å²) >= 11 is 0. The Balaban J connectivity index is 4.17. The van der Waals surface area contributed by atoms with E-state index in [0.717, 1.165) is 0 Å². The second-order valence-electron chi connectivity index (χ2n) is 2.77. The van der Waals surface area contributed by atoms with Gasteiger partial charge < -0.3 is 15.5 Å². The zero-order chi connectivity index (χ0) is 11.8. The smallest absolute Gasteiger partial charge is 0.326 e. The molecule has 3 N–H and O–H groups in total. The summed E-state index contributed by atoms with van der Waals surface area (Å²) in [4.78, 5) is 31.7. The SMILES string of the molecule is C#CCC(=O)N[C@@H](CCC(=O)O)C(=O)O. The summed E-state index contributed by atoms with van der Waals surface area (Å²) in [6.07, 6.45) is 4.13. The van der Waals surface area contributed by atoms with Gasteiger partial charge >= 0.3 is 11.9 Å². The van der Waals surface area contributed by atoms with Gasteiger partial charge in [-0.05, 0) is 6.42 Å². The molecule has 0 aromatic carbocycles. The van der Waals surface area contributed by atoms with Gasteiger partial charge in [-0.1, -0.05) is 5.92 Å². The minimum Gasteiger partial charge on any atom is -0.481 e. The Labute approximate surface area is 86.3 Å². The summed E-state index contributed by atoms with van der Waals surface area (Å²) in [7, 11) is 0. The zero-order valence-electron chi connectivity index (χ0n) is 7.90. The molecule has 0 aromatic rings. The molecule has 0 radical (unpaired) electrons. The molecule has 6 nitrogen and oxygen atoms in total. The molecule has 0 spiro atoms.